The molecule has 0 aromatic heterocycles. The Kier molecular flexibility index (Phi) is 9.23. The van der Waals surface area contributed by atoms with Gasteiger partial charge in [0.15, 0.2) is 0 Å². The van der Waals surface area contributed by atoms with Crippen LogP contribution in [0.1, 0.15) is 11.1 Å². The average molecular weight is 609 g/mol. The smallest absolute Gasteiger partial charge is 0.0347 e. The van der Waals surface area contributed by atoms with Gasteiger partial charge in [-0.25, -0.2) is 0 Å². The summed E-state index contributed by atoms with van der Waals surface area (Å²) in [6.07, 6.45) is 0. The van der Waals surface area contributed by atoms with Gasteiger partial charge in [0.2, 0.25) is 0 Å². The first kappa shape index (κ1) is 29.8. The summed E-state index contributed by atoms with van der Waals surface area (Å²) in [5.74, 6) is 0. The van der Waals surface area contributed by atoms with Crippen molar-refractivity contribution in [3.05, 3.63) is 157 Å². The van der Waals surface area contributed by atoms with E-state index in [1.54, 1.807) is 0 Å². The largest absolute Gasteiger partial charge is 0.388 e. The predicted molar refractivity (Wildman–Crippen MR) is 198 cm³/mol. The Bertz CT molecular complexity index is 1620. The van der Waals surface area contributed by atoms with Crippen LogP contribution in [0.5, 0.6) is 0 Å². The molecule has 0 atom stereocenters. The molecule has 0 radical (unpaired) electrons. The normalized spacial score (nSPS) is 11.1. The van der Waals surface area contributed by atoms with Crippen molar-refractivity contribution in [3.63, 3.8) is 0 Å². The van der Waals surface area contributed by atoms with E-state index in [0.29, 0.717) is 0 Å². The van der Waals surface area contributed by atoms with E-state index in [0.717, 1.165) is 11.4 Å². The second-order valence-corrected chi connectivity index (χ2v) is 15.3. The van der Waals surface area contributed by atoms with E-state index >= 15 is 0 Å². The van der Waals surface area contributed by atoms with E-state index < -0.39 is 15.8 Å². The van der Waals surface area contributed by atoms with Gasteiger partial charge in [-0.2, -0.15) is 0 Å². The Morgan fingerprint density at radius 3 is 0.909 bits per heavy atom. The third-order valence-corrected chi connectivity index (χ3v) is 12.9. The Balaban J connectivity index is 1.72. The summed E-state index contributed by atoms with van der Waals surface area (Å²) < 4.78 is 0. The number of hydrogen-bond donors (Lipinski definition) is 2. The first-order valence-electron chi connectivity index (χ1n) is 15.0. The molecule has 0 aliphatic rings. The van der Waals surface area contributed by atoms with Crippen LogP contribution in [-0.2, 0) is 0 Å². The van der Waals surface area contributed by atoms with Gasteiger partial charge in [0.1, 0.15) is 0 Å². The van der Waals surface area contributed by atoms with Crippen LogP contribution in [0.2, 0.25) is 0 Å². The molecule has 0 saturated carbocycles. The zero-order valence-electron chi connectivity index (χ0n) is 25.8. The van der Waals surface area contributed by atoms with Crippen LogP contribution in [0.4, 0.5) is 11.4 Å². The summed E-state index contributed by atoms with van der Waals surface area (Å²) in [6.45, 7) is 4.57. The van der Waals surface area contributed by atoms with Gasteiger partial charge in [-0.1, -0.05) is 121 Å². The Hall–Kier alpha value is -4.22. The summed E-state index contributed by atoms with van der Waals surface area (Å²) in [5.41, 5.74) is 7.53. The monoisotopic (exact) mass is 608 g/mol. The Morgan fingerprint density at radius 2 is 0.659 bits per heavy atom. The molecule has 0 heterocycles. The fraction of sp³-hybridized carbons (Fsp3) is 0.100. The van der Waals surface area contributed by atoms with E-state index in [1.165, 1.54) is 54.1 Å². The highest BCUT2D eigenvalue weighted by Gasteiger charge is 2.28. The van der Waals surface area contributed by atoms with Gasteiger partial charge in [-0.05, 0) is 108 Å². The second kappa shape index (κ2) is 13.6. The topological polar surface area (TPSA) is 24.1 Å². The first-order valence-corrected chi connectivity index (χ1v) is 17.7. The molecule has 2 nitrogen and oxygen atoms in total. The second-order valence-electron chi connectivity index (χ2n) is 10.9. The van der Waals surface area contributed by atoms with Crippen molar-refractivity contribution < 1.29 is 0 Å². The highest BCUT2D eigenvalue weighted by atomic mass is 31.1. The third-order valence-electron chi connectivity index (χ3n) is 8.00. The number of nitrogens with one attached hydrogen (secondary N) is 2. The van der Waals surface area contributed by atoms with Gasteiger partial charge in [-0.15, -0.1) is 0 Å². The third kappa shape index (κ3) is 6.07. The zero-order valence-corrected chi connectivity index (χ0v) is 27.5. The standard InChI is InChI=1S/C40H38N2P2/c1-29-25-31(41-3)27-37(43(33-17-9-5-10-18-33)34-19-11-6-12-20-34)39(29)40-30(2)26-32(42-4)28-38(40)44(35-21-13-7-14-22-35)36-23-15-8-16-24-36/h5-28,41-42H,1-4H3. The quantitative estimate of drug-likeness (QED) is 0.166. The molecule has 6 aromatic carbocycles. The van der Waals surface area contributed by atoms with E-state index in [2.05, 4.69) is 170 Å². The highest BCUT2D eigenvalue weighted by Crippen LogP contribution is 2.44. The maximum absolute atomic E-state index is 3.47. The maximum Gasteiger partial charge on any atom is 0.0347 e. The molecular weight excluding hydrogens is 570 g/mol. The number of anilines is 2. The summed E-state index contributed by atoms with van der Waals surface area (Å²) in [5, 5.41) is 15.1. The van der Waals surface area contributed by atoms with Crippen molar-refractivity contribution in [3.8, 4) is 11.1 Å². The van der Waals surface area contributed by atoms with Gasteiger partial charge in [0.25, 0.3) is 0 Å². The van der Waals surface area contributed by atoms with Crippen LogP contribution in [0.25, 0.3) is 11.1 Å². The predicted octanol–water partition coefficient (Wildman–Crippen LogP) is 7.57. The summed E-state index contributed by atoms with van der Waals surface area (Å²) in [6, 6.07) is 53.6. The lowest BCUT2D eigenvalue weighted by Crippen LogP contribution is -2.27. The fourth-order valence-electron chi connectivity index (χ4n) is 5.99. The van der Waals surface area contributed by atoms with Gasteiger partial charge < -0.3 is 10.6 Å². The lowest BCUT2D eigenvalue weighted by atomic mass is 9.95. The van der Waals surface area contributed by atoms with Crippen LogP contribution >= 0.6 is 15.8 Å². The van der Waals surface area contributed by atoms with Crippen molar-refractivity contribution in [2.24, 2.45) is 0 Å². The van der Waals surface area contributed by atoms with Crippen LogP contribution in [0, 0.1) is 13.8 Å². The van der Waals surface area contributed by atoms with E-state index in [1.807, 2.05) is 14.1 Å². The van der Waals surface area contributed by atoms with Gasteiger partial charge in [0, 0.05) is 25.5 Å². The van der Waals surface area contributed by atoms with Gasteiger partial charge in [-0.3, -0.25) is 0 Å². The minimum atomic E-state index is -0.841. The van der Waals surface area contributed by atoms with Gasteiger partial charge >= 0.3 is 0 Å². The van der Waals surface area contributed by atoms with Gasteiger partial charge in [0.05, 0.1) is 0 Å². The van der Waals surface area contributed by atoms with Crippen LogP contribution in [0.15, 0.2) is 146 Å². The first-order chi connectivity index (χ1) is 21.6. The molecule has 6 aromatic rings. The lowest BCUT2D eigenvalue weighted by molar-refractivity contribution is 1.40. The Labute approximate surface area is 264 Å². The molecule has 6 rings (SSSR count). The minimum absolute atomic E-state index is 0.841. The summed E-state index contributed by atoms with van der Waals surface area (Å²) in [7, 11) is 2.36. The molecular formula is C40H38N2P2. The molecule has 0 unspecified atom stereocenters. The number of benzene rings is 6. The maximum atomic E-state index is 3.47. The van der Waals surface area contributed by atoms with E-state index in [-0.39, 0.29) is 0 Å². The number of rotatable bonds is 9. The van der Waals surface area contributed by atoms with Crippen molar-refractivity contribution in [2.75, 3.05) is 24.7 Å². The van der Waals surface area contributed by atoms with Crippen LogP contribution in [0.3, 0.4) is 0 Å². The SMILES string of the molecule is CNc1cc(C)c(-c2c(C)cc(NC)cc2P(c2ccccc2)c2ccccc2)c(P(c2ccccc2)c2ccccc2)c1. The van der Waals surface area contributed by atoms with Crippen molar-refractivity contribution in [1.29, 1.82) is 0 Å². The van der Waals surface area contributed by atoms with Crippen molar-refractivity contribution in [1.82, 2.24) is 0 Å². The molecule has 0 aliphatic carbocycles. The molecule has 0 bridgehead atoms. The zero-order chi connectivity index (χ0) is 30.5. The highest BCUT2D eigenvalue weighted by molar-refractivity contribution is 7.80. The minimum Gasteiger partial charge on any atom is -0.388 e. The molecule has 0 spiro atoms. The molecule has 4 heteroatoms. The molecule has 0 fully saturated rings. The number of hydrogen-bond acceptors (Lipinski definition) is 2. The summed E-state index contributed by atoms with van der Waals surface area (Å²) in [4.78, 5) is 0. The fourth-order valence-corrected chi connectivity index (χ4v) is 11.1. The van der Waals surface area contributed by atoms with Crippen LogP contribution in [-0.4, -0.2) is 14.1 Å². The Morgan fingerprint density at radius 1 is 0.386 bits per heavy atom. The molecule has 0 amide bonds. The molecule has 2 N–H and O–H groups in total. The molecule has 0 saturated heterocycles. The van der Waals surface area contributed by atoms with Crippen molar-refractivity contribution >= 4 is 59.0 Å². The summed E-state index contributed by atoms with van der Waals surface area (Å²) >= 11 is 0. The van der Waals surface area contributed by atoms with Crippen molar-refractivity contribution in [2.45, 2.75) is 13.8 Å². The van der Waals surface area contributed by atoms with E-state index in [9.17, 15) is 0 Å². The average Bonchev–Trinajstić information content (AvgIpc) is 3.07. The number of aryl methyl sites for hydroxylation is 2. The lowest BCUT2D eigenvalue weighted by Gasteiger charge is -2.29. The van der Waals surface area contributed by atoms with Crippen LogP contribution < -0.4 is 42.5 Å². The van der Waals surface area contributed by atoms with E-state index in [4.69, 9.17) is 0 Å². The molecule has 44 heavy (non-hydrogen) atoms. The molecule has 218 valence electrons. The molecule has 0 aliphatic heterocycles.